The van der Waals surface area contributed by atoms with E-state index in [4.69, 9.17) is 4.74 Å². The highest BCUT2D eigenvalue weighted by Crippen LogP contribution is 2.30. The molecule has 0 radical (unpaired) electrons. The van der Waals surface area contributed by atoms with Crippen LogP contribution in [0.1, 0.15) is 41.0 Å². The van der Waals surface area contributed by atoms with Crippen molar-refractivity contribution >= 4 is 17.2 Å². The van der Waals surface area contributed by atoms with E-state index >= 15 is 0 Å². The Balaban J connectivity index is 1.52. The Kier molecular flexibility index (Phi) is 6.31. The van der Waals surface area contributed by atoms with Crippen LogP contribution in [-0.4, -0.2) is 23.1 Å². The minimum Gasteiger partial charge on any atom is -0.457 e. The quantitative estimate of drug-likeness (QED) is 0.532. The molecule has 2 aromatic carbocycles. The number of rotatable bonds is 6. The van der Waals surface area contributed by atoms with Crippen LogP contribution >= 0.6 is 0 Å². The lowest BCUT2D eigenvalue weighted by Crippen LogP contribution is -2.23. The minimum atomic E-state index is -0.687. The topological polar surface area (TPSA) is 63.6 Å². The van der Waals surface area contributed by atoms with Gasteiger partial charge in [-0.15, -0.1) is 0 Å². The molecule has 4 rings (SSSR count). The Bertz CT molecular complexity index is 1280. The Hall–Kier alpha value is -3.87. The molecular weight excluding hydrogens is 424 g/mol. The molecule has 1 N–H and O–H groups in total. The molecule has 1 amide bonds. The fraction of sp³-hybridized carbons (Fsp3) is 0.192. The number of amides is 1. The van der Waals surface area contributed by atoms with Crippen LogP contribution in [0.5, 0.6) is 11.5 Å². The summed E-state index contributed by atoms with van der Waals surface area (Å²) in [5, 5.41) is 2.70. The number of allylic oxidation sites excluding steroid dienone is 1. The third kappa shape index (κ3) is 4.98. The van der Waals surface area contributed by atoms with Gasteiger partial charge in [-0.2, -0.15) is 0 Å². The first-order chi connectivity index (χ1) is 15.8. The van der Waals surface area contributed by atoms with Crippen molar-refractivity contribution in [2.75, 3.05) is 6.54 Å². The van der Waals surface area contributed by atoms with E-state index in [0.717, 1.165) is 28.6 Å². The SMILES string of the molecule is CC1=NCC(C)=C1c1cc(Oc2cccc(C(=O)NCc3cc(F)cc(F)c3)c2C)ccn1. The molecule has 168 valence electrons. The Morgan fingerprint density at radius 1 is 1.06 bits per heavy atom. The monoisotopic (exact) mass is 447 g/mol. The number of halogens is 2. The van der Waals surface area contributed by atoms with Crippen molar-refractivity contribution in [2.24, 2.45) is 4.99 Å². The van der Waals surface area contributed by atoms with E-state index < -0.39 is 11.6 Å². The van der Waals surface area contributed by atoms with Gasteiger partial charge in [0.05, 0.1) is 12.2 Å². The van der Waals surface area contributed by atoms with E-state index in [1.807, 2.05) is 19.9 Å². The van der Waals surface area contributed by atoms with Crippen LogP contribution in [0.25, 0.3) is 5.57 Å². The van der Waals surface area contributed by atoms with E-state index in [2.05, 4.69) is 15.3 Å². The van der Waals surface area contributed by atoms with Gasteiger partial charge in [0, 0.05) is 47.3 Å². The zero-order valence-electron chi connectivity index (χ0n) is 18.6. The molecule has 0 fully saturated rings. The fourth-order valence-electron chi connectivity index (χ4n) is 3.81. The molecule has 1 aliphatic rings. The summed E-state index contributed by atoms with van der Waals surface area (Å²) in [6, 6.07) is 11.9. The number of ether oxygens (including phenoxy) is 1. The first-order valence-electron chi connectivity index (χ1n) is 10.5. The second-order valence-corrected chi connectivity index (χ2v) is 7.92. The number of carbonyl (C=O) groups is 1. The third-order valence-electron chi connectivity index (χ3n) is 5.46. The van der Waals surface area contributed by atoms with Gasteiger partial charge in [-0.05, 0) is 62.2 Å². The molecule has 0 bridgehead atoms. The molecule has 0 saturated heterocycles. The normalized spacial score (nSPS) is 13.2. The van der Waals surface area contributed by atoms with Gasteiger partial charge in [0.2, 0.25) is 0 Å². The van der Waals surface area contributed by atoms with Crippen LogP contribution < -0.4 is 10.1 Å². The number of hydrogen-bond acceptors (Lipinski definition) is 4. The first-order valence-corrected chi connectivity index (χ1v) is 10.5. The van der Waals surface area contributed by atoms with Crippen molar-refractivity contribution in [3.63, 3.8) is 0 Å². The van der Waals surface area contributed by atoms with Gasteiger partial charge in [0.25, 0.3) is 5.91 Å². The van der Waals surface area contributed by atoms with Gasteiger partial charge >= 0.3 is 0 Å². The molecule has 0 aliphatic carbocycles. The maximum atomic E-state index is 13.4. The Labute approximate surface area is 190 Å². The molecule has 33 heavy (non-hydrogen) atoms. The molecule has 1 aliphatic heterocycles. The van der Waals surface area contributed by atoms with Crippen LogP contribution in [0.2, 0.25) is 0 Å². The molecule has 0 unspecified atom stereocenters. The lowest BCUT2D eigenvalue weighted by atomic mass is 10.0. The molecule has 3 aromatic rings. The summed E-state index contributed by atoms with van der Waals surface area (Å²) < 4.78 is 32.9. The van der Waals surface area contributed by atoms with E-state index in [1.165, 1.54) is 12.1 Å². The minimum absolute atomic E-state index is 0.00111. The van der Waals surface area contributed by atoms with Crippen molar-refractivity contribution in [1.29, 1.82) is 0 Å². The molecule has 5 nitrogen and oxygen atoms in total. The van der Waals surface area contributed by atoms with Gasteiger partial charge in [-0.1, -0.05) is 6.07 Å². The standard InChI is InChI=1S/C26H23F2N3O2/c1-15-13-30-17(3)25(15)23-12-21(7-8-29-23)33-24-6-4-5-22(16(24)2)26(32)31-14-18-9-19(27)11-20(28)10-18/h4-12H,13-14H2,1-3H3,(H,31,32). The number of nitrogens with one attached hydrogen (secondary N) is 1. The van der Waals surface area contributed by atoms with Crippen molar-refractivity contribution in [3.8, 4) is 11.5 Å². The molecule has 0 atom stereocenters. The largest absolute Gasteiger partial charge is 0.457 e. The summed E-state index contributed by atoms with van der Waals surface area (Å²) in [6.45, 7) is 6.46. The van der Waals surface area contributed by atoms with Gasteiger partial charge in [-0.25, -0.2) is 8.78 Å². The van der Waals surface area contributed by atoms with Gasteiger partial charge in [0.1, 0.15) is 23.1 Å². The van der Waals surface area contributed by atoms with Crippen LogP contribution in [0, 0.1) is 18.6 Å². The van der Waals surface area contributed by atoms with E-state index in [-0.39, 0.29) is 12.5 Å². The number of aliphatic imine (C=N–C) groups is 1. The summed E-state index contributed by atoms with van der Waals surface area (Å²) in [7, 11) is 0. The predicted octanol–water partition coefficient (Wildman–Crippen LogP) is 5.64. The van der Waals surface area contributed by atoms with Gasteiger partial charge in [0.15, 0.2) is 0 Å². The molecule has 0 spiro atoms. The Morgan fingerprint density at radius 2 is 1.82 bits per heavy atom. The maximum Gasteiger partial charge on any atom is 0.251 e. The van der Waals surface area contributed by atoms with Crippen LogP contribution in [0.15, 0.2) is 65.3 Å². The number of hydrogen-bond donors (Lipinski definition) is 1. The maximum absolute atomic E-state index is 13.4. The highest BCUT2D eigenvalue weighted by Gasteiger charge is 2.17. The van der Waals surface area contributed by atoms with Crippen molar-refractivity contribution < 1.29 is 18.3 Å². The van der Waals surface area contributed by atoms with E-state index in [0.29, 0.717) is 34.7 Å². The van der Waals surface area contributed by atoms with E-state index in [9.17, 15) is 13.6 Å². The van der Waals surface area contributed by atoms with Crippen molar-refractivity contribution in [1.82, 2.24) is 10.3 Å². The lowest BCUT2D eigenvalue weighted by Gasteiger charge is -2.14. The lowest BCUT2D eigenvalue weighted by molar-refractivity contribution is 0.0950. The zero-order chi connectivity index (χ0) is 23.5. The van der Waals surface area contributed by atoms with Crippen LogP contribution in [0.4, 0.5) is 8.78 Å². The molecule has 7 heteroatoms. The number of benzene rings is 2. The Morgan fingerprint density at radius 3 is 2.52 bits per heavy atom. The molecular formula is C26H23F2N3O2. The highest BCUT2D eigenvalue weighted by atomic mass is 19.1. The number of nitrogens with zero attached hydrogens (tertiary/aromatic N) is 2. The summed E-state index contributed by atoms with van der Waals surface area (Å²) in [5.74, 6) is -0.619. The predicted molar refractivity (Wildman–Crippen MR) is 124 cm³/mol. The molecule has 2 heterocycles. The second-order valence-electron chi connectivity index (χ2n) is 7.92. The summed E-state index contributed by atoms with van der Waals surface area (Å²) in [4.78, 5) is 21.6. The fourth-order valence-corrected chi connectivity index (χ4v) is 3.81. The van der Waals surface area contributed by atoms with Gasteiger partial charge in [-0.3, -0.25) is 14.8 Å². The first kappa shape index (κ1) is 22.3. The average Bonchev–Trinajstić information content (AvgIpc) is 3.11. The number of aromatic nitrogens is 1. The summed E-state index contributed by atoms with van der Waals surface area (Å²) in [6.07, 6.45) is 1.68. The zero-order valence-corrected chi connectivity index (χ0v) is 18.6. The van der Waals surface area contributed by atoms with Crippen LogP contribution in [-0.2, 0) is 6.54 Å². The number of carbonyl (C=O) groups excluding carboxylic acids is 1. The third-order valence-corrected chi connectivity index (χ3v) is 5.46. The number of pyridine rings is 1. The summed E-state index contributed by atoms with van der Waals surface area (Å²) >= 11 is 0. The highest BCUT2D eigenvalue weighted by molar-refractivity contribution is 6.24. The van der Waals surface area contributed by atoms with Crippen molar-refractivity contribution in [2.45, 2.75) is 27.3 Å². The van der Waals surface area contributed by atoms with E-state index in [1.54, 1.807) is 37.4 Å². The second kappa shape index (κ2) is 9.32. The van der Waals surface area contributed by atoms with Crippen molar-refractivity contribution in [3.05, 3.63) is 94.3 Å². The average molecular weight is 447 g/mol. The molecule has 1 aromatic heterocycles. The van der Waals surface area contributed by atoms with Crippen LogP contribution in [0.3, 0.4) is 0 Å². The van der Waals surface area contributed by atoms with Gasteiger partial charge < -0.3 is 10.1 Å². The summed E-state index contributed by atoms with van der Waals surface area (Å²) in [5.41, 5.74) is 5.32. The smallest absolute Gasteiger partial charge is 0.251 e. The molecule has 0 saturated carbocycles.